The molecule has 0 radical (unpaired) electrons. The topological polar surface area (TPSA) is 95.9 Å². The second-order valence-electron chi connectivity index (χ2n) is 19.6. The first-order valence-electron chi connectivity index (χ1n) is 28.6. The monoisotopic (exact) mass is 902 g/mol. The van der Waals surface area contributed by atoms with Gasteiger partial charge in [0.2, 0.25) is 5.91 Å². The minimum atomic E-state index is -0.696. The van der Waals surface area contributed by atoms with Crippen LogP contribution in [0.5, 0.6) is 0 Å². The van der Waals surface area contributed by atoms with Crippen LogP contribution >= 0.6 is 0 Å². The molecule has 0 rings (SSSR count). The van der Waals surface area contributed by atoms with E-state index in [9.17, 15) is 19.8 Å². The van der Waals surface area contributed by atoms with Gasteiger partial charge in [0, 0.05) is 12.8 Å². The van der Waals surface area contributed by atoms with Crippen molar-refractivity contribution in [3.8, 4) is 0 Å². The second kappa shape index (κ2) is 54.0. The number of carbonyl (C=O) groups excluding carboxylic acids is 2. The van der Waals surface area contributed by atoms with Gasteiger partial charge < -0.3 is 20.3 Å². The Labute approximate surface area is 399 Å². The van der Waals surface area contributed by atoms with Crippen molar-refractivity contribution in [1.29, 1.82) is 0 Å². The van der Waals surface area contributed by atoms with Crippen molar-refractivity contribution in [2.24, 2.45) is 0 Å². The molecule has 0 bridgehead atoms. The average Bonchev–Trinajstić information content (AvgIpc) is 3.29. The Morgan fingerprint density at radius 3 is 1.14 bits per heavy atom. The number of allylic oxidation sites excluding steroid dienone is 4. The number of carbonyl (C=O) groups is 2. The van der Waals surface area contributed by atoms with Crippen molar-refractivity contribution in [1.82, 2.24) is 5.32 Å². The van der Waals surface area contributed by atoms with Crippen LogP contribution in [0.15, 0.2) is 24.3 Å². The summed E-state index contributed by atoms with van der Waals surface area (Å²) in [5.74, 6) is -0.131. The largest absolute Gasteiger partial charge is 0.466 e. The molecule has 0 saturated carbocycles. The first-order chi connectivity index (χ1) is 31.5. The number of amides is 1. The number of unbranched alkanes of at least 4 members (excludes halogenated alkanes) is 38. The Bertz CT molecular complexity index is 997. The zero-order valence-corrected chi connectivity index (χ0v) is 43.0. The molecule has 378 valence electrons. The Hall–Kier alpha value is -1.66. The molecule has 0 aliphatic carbocycles. The van der Waals surface area contributed by atoms with Crippen LogP contribution in [0, 0.1) is 0 Å². The third-order valence-electron chi connectivity index (χ3n) is 13.2. The number of ether oxygens (including phenoxy) is 1. The van der Waals surface area contributed by atoms with Crippen LogP contribution in [0.25, 0.3) is 0 Å². The highest BCUT2D eigenvalue weighted by Gasteiger charge is 2.20. The molecule has 0 aliphatic heterocycles. The van der Waals surface area contributed by atoms with E-state index in [0.717, 1.165) is 70.6 Å². The Kier molecular flexibility index (Phi) is 52.6. The zero-order chi connectivity index (χ0) is 46.5. The van der Waals surface area contributed by atoms with E-state index in [4.69, 9.17) is 4.74 Å². The van der Waals surface area contributed by atoms with Crippen LogP contribution in [-0.4, -0.2) is 47.4 Å². The average molecular weight is 903 g/mol. The number of hydrogen-bond donors (Lipinski definition) is 3. The maximum absolute atomic E-state index is 12.5. The van der Waals surface area contributed by atoms with Crippen molar-refractivity contribution < 1.29 is 24.5 Å². The van der Waals surface area contributed by atoms with Gasteiger partial charge in [0.1, 0.15) is 0 Å². The van der Waals surface area contributed by atoms with Gasteiger partial charge in [-0.3, -0.25) is 9.59 Å². The van der Waals surface area contributed by atoms with Crippen molar-refractivity contribution in [2.75, 3.05) is 13.2 Å². The normalized spacial score (nSPS) is 12.8. The summed E-state index contributed by atoms with van der Waals surface area (Å²) >= 11 is 0. The molecule has 1 amide bonds. The van der Waals surface area contributed by atoms with Gasteiger partial charge in [0.25, 0.3) is 0 Å². The lowest BCUT2D eigenvalue weighted by molar-refractivity contribution is -0.143. The van der Waals surface area contributed by atoms with Crippen LogP contribution in [0.3, 0.4) is 0 Å². The van der Waals surface area contributed by atoms with Gasteiger partial charge in [0.15, 0.2) is 0 Å². The van der Waals surface area contributed by atoms with E-state index in [-0.39, 0.29) is 18.5 Å². The summed E-state index contributed by atoms with van der Waals surface area (Å²) in [4.78, 5) is 24.5. The lowest BCUT2D eigenvalue weighted by Crippen LogP contribution is -2.45. The maximum Gasteiger partial charge on any atom is 0.305 e. The lowest BCUT2D eigenvalue weighted by atomic mass is 10.0. The van der Waals surface area contributed by atoms with Crippen LogP contribution in [0.1, 0.15) is 309 Å². The molecule has 0 fully saturated rings. The third-order valence-corrected chi connectivity index (χ3v) is 13.2. The maximum atomic E-state index is 12.5. The highest BCUT2D eigenvalue weighted by molar-refractivity contribution is 5.76. The fourth-order valence-corrected chi connectivity index (χ4v) is 8.81. The molecule has 0 heterocycles. The molecule has 0 aliphatic rings. The number of hydrogen-bond acceptors (Lipinski definition) is 5. The molecule has 2 unspecified atom stereocenters. The van der Waals surface area contributed by atoms with E-state index in [1.54, 1.807) is 0 Å². The van der Waals surface area contributed by atoms with Gasteiger partial charge in [-0.1, -0.05) is 250 Å². The number of esters is 1. The SMILES string of the molecule is CCCCCCCCC/C=C\CCCCCCCCCC(=O)OCCCCCC/C=C\CCCC(=O)NC(CO)C(O)CCCCCCCCCCCCCCCCCCCCCC. The van der Waals surface area contributed by atoms with E-state index >= 15 is 0 Å². The van der Waals surface area contributed by atoms with E-state index in [2.05, 4.69) is 43.5 Å². The molecule has 6 heteroatoms. The van der Waals surface area contributed by atoms with Gasteiger partial charge in [-0.25, -0.2) is 0 Å². The quantitative estimate of drug-likeness (QED) is 0.0321. The summed E-state index contributed by atoms with van der Waals surface area (Å²) in [6.45, 7) is 4.88. The highest BCUT2D eigenvalue weighted by atomic mass is 16.5. The van der Waals surface area contributed by atoms with E-state index in [1.165, 1.54) is 205 Å². The molecule has 64 heavy (non-hydrogen) atoms. The van der Waals surface area contributed by atoms with Crippen LogP contribution in [-0.2, 0) is 14.3 Å². The fourth-order valence-electron chi connectivity index (χ4n) is 8.81. The molecule has 0 spiro atoms. The summed E-state index contributed by atoms with van der Waals surface area (Å²) < 4.78 is 5.45. The van der Waals surface area contributed by atoms with Gasteiger partial charge in [-0.2, -0.15) is 0 Å². The second-order valence-corrected chi connectivity index (χ2v) is 19.6. The number of nitrogens with one attached hydrogen (secondary N) is 1. The van der Waals surface area contributed by atoms with E-state index < -0.39 is 12.1 Å². The molecule has 0 saturated heterocycles. The van der Waals surface area contributed by atoms with Gasteiger partial charge >= 0.3 is 5.97 Å². The first kappa shape index (κ1) is 62.3. The molecule has 6 nitrogen and oxygen atoms in total. The predicted octanol–water partition coefficient (Wildman–Crippen LogP) is 17.5. The lowest BCUT2D eigenvalue weighted by Gasteiger charge is -2.22. The van der Waals surface area contributed by atoms with Crippen LogP contribution in [0.2, 0.25) is 0 Å². The molecule has 0 aromatic carbocycles. The van der Waals surface area contributed by atoms with Gasteiger partial charge in [-0.15, -0.1) is 0 Å². The van der Waals surface area contributed by atoms with Crippen LogP contribution < -0.4 is 5.32 Å². The Morgan fingerprint density at radius 1 is 0.422 bits per heavy atom. The van der Waals surface area contributed by atoms with Gasteiger partial charge in [-0.05, 0) is 70.6 Å². The van der Waals surface area contributed by atoms with Crippen molar-refractivity contribution >= 4 is 11.9 Å². The smallest absolute Gasteiger partial charge is 0.305 e. The standard InChI is InChI=1S/C58H111NO5/c1-3-5-7-9-11-13-15-17-19-21-23-24-25-27-29-31-34-38-42-46-50-56(61)55(54-60)59-57(62)51-47-43-39-35-33-37-41-45-49-53-64-58(63)52-48-44-40-36-32-30-28-26-22-20-18-16-14-12-10-8-6-4-2/h20,22,35,39,55-56,60-61H,3-19,21,23-34,36-38,40-54H2,1-2H3,(H,59,62)/b22-20-,39-35-. The van der Waals surface area contributed by atoms with E-state index in [0.29, 0.717) is 25.9 Å². The highest BCUT2D eigenvalue weighted by Crippen LogP contribution is 2.17. The van der Waals surface area contributed by atoms with Gasteiger partial charge in [0.05, 0.1) is 25.4 Å². The van der Waals surface area contributed by atoms with Crippen LogP contribution in [0.4, 0.5) is 0 Å². The molecular weight excluding hydrogens is 791 g/mol. The van der Waals surface area contributed by atoms with Crippen molar-refractivity contribution in [3.05, 3.63) is 24.3 Å². The predicted molar refractivity (Wildman–Crippen MR) is 278 cm³/mol. The Balaban J connectivity index is 3.51. The summed E-state index contributed by atoms with van der Waals surface area (Å²) in [5, 5.41) is 23.3. The first-order valence-corrected chi connectivity index (χ1v) is 28.6. The fraction of sp³-hybridized carbons (Fsp3) is 0.897. The summed E-state index contributed by atoms with van der Waals surface area (Å²) in [6.07, 6.45) is 64.6. The van der Waals surface area contributed by atoms with Crippen molar-refractivity contribution in [3.63, 3.8) is 0 Å². The Morgan fingerprint density at radius 2 is 0.750 bits per heavy atom. The minimum absolute atomic E-state index is 0.0378. The summed E-state index contributed by atoms with van der Waals surface area (Å²) in [5.41, 5.74) is 0. The number of aliphatic hydroxyl groups is 2. The minimum Gasteiger partial charge on any atom is -0.466 e. The molecule has 0 aromatic rings. The summed E-state index contributed by atoms with van der Waals surface area (Å²) in [7, 11) is 0. The molecule has 2 atom stereocenters. The molecular formula is C58H111NO5. The number of aliphatic hydroxyl groups excluding tert-OH is 2. The van der Waals surface area contributed by atoms with E-state index in [1.807, 2.05) is 0 Å². The number of rotatable bonds is 53. The van der Waals surface area contributed by atoms with Crippen molar-refractivity contribution in [2.45, 2.75) is 321 Å². The molecule has 3 N–H and O–H groups in total. The zero-order valence-electron chi connectivity index (χ0n) is 43.0. The molecule has 0 aromatic heterocycles. The third kappa shape index (κ3) is 49.8. The summed E-state index contributed by atoms with van der Waals surface area (Å²) in [6, 6.07) is -0.580.